The third kappa shape index (κ3) is 2.65. The van der Waals surface area contributed by atoms with E-state index in [0.29, 0.717) is 30.3 Å². The van der Waals surface area contributed by atoms with E-state index in [9.17, 15) is 9.18 Å². The van der Waals surface area contributed by atoms with Gasteiger partial charge in [0.25, 0.3) is 0 Å². The van der Waals surface area contributed by atoms with Gasteiger partial charge in [-0.1, -0.05) is 11.6 Å². The standard InChI is InChI=1S/C13H15ClFNO2/c1-2-18-13(17)11-7-16-6-10(11)9-5-8(15)3-4-12(9)14/h3-5,10-11,16H,2,6-7H2,1H3/t10-,11-/m0/s1. The van der Waals surface area contributed by atoms with Crippen molar-refractivity contribution in [3.05, 3.63) is 34.6 Å². The van der Waals surface area contributed by atoms with Crippen molar-refractivity contribution in [1.29, 1.82) is 0 Å². The fourth-order valence-corrected chi connectivity index (χ4v) is 2.56. The van der Waals surface area contributed by atoms with Crippen molar-refractivity contribution in [2.75, 3.05) is 19.7 Å². The summed E-state index contributed by atoms with van der Waals surface area (Å²) in [5.41, 5.74) is 0.666. The number of halogens is 2. The monoisotopic (exact) mass is 271 g/mol. The van der Waals surface area contributed by atoms with Gasteiger partial charge in [-0.15, -0.1) is 0 Å². The maximum atomic E-state index is 13.3. The third-order valence-corrected chi connectivity index (χ3v) is 3.51. The molecule has 1 aliphatic heterocycles. The van der Waals surface area contributed by atoms with Crippen molar-refractivity contribution < 1.29 is 13.9 Å². The Morgan fingerprint density at radius 1 is 1.56 bits per heavy atom. The van der Waals surface area contributed by atoms with Crippen LogP contribution in [0.1, 0.15) is 18.4 Å². The Kier molecular flexibility index (Phi) is 4.19. The number of ether oxygens (including phenoxy) is 1. The SMILES string of the molecule is CCOC(=O)[C@H]1CNC[C@H]1c1cc(F)ccc1Cl. The molecular formula is C13H15ClFNO2. The third-order valence-electron chi connectivity index (χ3n) is 3.16. The van der Waals surface area contributed by atoms with Crippen molar-refractivity contribution in [3.8, 4) is 0 Å². The maximum absolute atomic E-state index is 13.3. The van der Waals surface area contributed by atoms with E-state index < -0.39 is 0 Å². The molecule has 1 N–H and O–H groups in total. The molecule has 1 saturated heterocycles. The van der Waals surface area contributed by atoms with E-state index in [4.69, 9.17) is 16.3 Å². The molecular weight excluding hydrogens is 257 g/mol. The maximum Gasteiger partial charge on any atom is 0.310 e. The van der Waals surface area contributed by atoms with Crippen LogP contribution in [-0.2, 0) is 9.53 Å². The first-order chi connectivity index (χ1) is 8.63. The summed E-state index contributed by atoms with van der Waals surface area (Å²) in [5, 5.41) is 3.61. The molecule has 1 heterocycles. The molecule has 2 rings (SSSR count). The molecule has 0 aromatic heterocycles. The van der Waals surface area contributed by atoms with Crippen molar-refractivity contribution in [2.45, 2.75) is 12.8 Å². The molecule has 2 atom stereocenters. The number of hydrogen-bond donors (Lipinski definition) is 1. The lowest BCUT2D eigenvalue weighted by atomic mass is 9.89. The van der Waals surface area contributed by atoms with Crippen molar-refractivity contribution in [1.82, 2.24) is 5.32 Å². The summed E-state index contributed by atoms with van der Waals surface area (Å²) in [6.45, 7) is 3.26. The molecule has 98 valence electrons. The molecule has 0 unspecified atom stereocenters. The molecule has 0 radical (unpaired) electrons. The van der Waals surface area contributed by atoms with Gasteiger partial charge in [0.1, 0.15) is 5.82 Å². The number of esters is 1. The lowest BCUT2D eigenvalue weighted by molar-refractivity contribution is -0.147. The first-order valence-electron chi connectivity index (χ1n) is 5.95. The zero-order chi connectivity index (χ0) is 13.1. The largest absolute Gasteiger partial charge is 0.466 e. The zero-order valence-corrected chi connectivity index (χ0v) is 10.8. The predicted molar refractivity (Wildman–Crippen MR) is 67.1 cm³/mol. The first-order valence-corrected chi connectivity index (χ1v) is 6.33. The Balaban J connectivity index is 2.25. The smallest absolute Gasteiger partial charge is 0.310 e. The van der Waals surface area contributed by atoms with Crippen molar-refractivity contribution in [2.24, 2.45) is 5.92 Å². The van der Waals surface area contributed by atoms with Gasteiger partial charge in [0.2, 0.25) is 0 Å². The minimum absolute atomic E-state index is 0.132. The quantitative estimate of drug-likeness (QED) is 0.858. The van der Waals surface area contributed by atoms with E-state index in [2.05, 4.69) is 5.32 Å². The molecule has 1 aromatic rings. The lowest BCUT2D eigenvalue weighted by Gasteiger charge is -2.18. The predicted octanol–water partition coefficient (Wildman–Crippen LogP) is 2.35. The highest BCUT2D eigenvalue weighted by Gasteiger charge is 2.36. The molecule has 0 amide bonds. The average molecular weight is 272 g/mol. The van der Waals surface area contributed by atoms with Gasteiger partial charge in [-0.2, -0.15) is 0 Å². The van der Waals surface area contributed by atoms with E-state index in [-0.39, 0.29) is 23.6 Å². The molecule has 18 heavy (non-hydrogen) atoms. The number of rotatable bonds is 3. The normalized spacial score (nSPS) is 23.1. The van der Waals surface area contributed by atoms with Crippen LogP contribution in [-0.4, -0.2) is 25.7 Å². The highest BCUT2D eigenvalue weighted by atomic mass is 35.5. The number of hydrogen-bond acceptors (Lipinski definition) is 3. The summed E-state index contributed by atoms with van der Waals surface area (Å²) in [6.07, 6.45) is 0. The lowest BCUT2D eigenvalue weighted by Crippen LogP contribution is -2.24. The fraction of sp³-hybridized carbons (Fsp3) is 0.462. The van der Waals surface area contributed by atoms with Crippen molar-refractivity contribution >= 4 is 17.6 Å². The van der Waals surface area contributed by atoms with Gasteiger partial charge in [0, 0.05) is 24.0 Å². The first kappa shape index (κ1) is 13.3. The van der Waals surface area contributed by atoms with Crippen LogP contribution in [0.5, 0.6) is 0 Å². The van der Waals surface area contributed by atoms with Crippen LogP contribution in [0.4, 0.5) is 4.39 Å². The second-order valence-corrected chi connectivity index (χ2v) is 4.70. The van der Waals surface area contributed by atoms with Crippen molar-refractivity contribution in [3.63, 3.8) is 0 Å². The molecule has 5 heteroatoms. The van der Waals surface area contributed by atoms with Crippen LogP contribution >= 0.6 is 11.6 Å². The molecule has 1 aromatic carbocycles. The number of nitrogens with one attached hydrogen (secondary N) is 1. The van der Waals surface area contributed by atoms with E-state index in [0.717, 1.165) is 0 Å². The molecule has 3 nitrogen and oxygen atoms in total. The minimum atomic E-state index is -0.344. The second-order valence-electron chi connectivity index (χ2n) is 4.29. The summed E-state index contributed by atoms with van der Waals surface area (Å²) in [6, 6.07) is 4.23. The Morgan fingerprint density at radius 2 is 2.33 bits per heavy atom. The zero-order valence-electron chi connectivity index (χ0n) is 10.1. The van der Waals surface area contributed by atoms with Gasteiger partial charge < -0.3 is 10.1 Å². The summed E-state index contributed by atoms with van der Waals surface area (Å²) >= 11 is 6.08. The number of carbonyl (C=O) groups excluding carboxylic acids is 1. The summed E-state index contributed by atoms with van der Waals surface area (Å²) in [4.78, 5) is 11.8. The second kappa shape index (κ2) is 5.67. The Morgan fingerprint density at radius 3 is 3.06 bits per heavy atom. The number of benzene rings is 1. The minimum Gasteiger partial charge on any atom is -0.466 e. The van der Waals surface area contributed by atoms with E-state index >= 15 is 0 Å². The topological polar surface area (TPSA) is 38.3 Å². The molecule has 0 saturated carbocycles. The summed E-state index contributed by atoms with van der Waals surface area (Å²) in [5.74, 6) is -1.03. The van der Waals surface area contributed by atoms with E-state index in [1.165, 1.54) is 18.2 Å². The van der Waals surface area contributed by atoms with Crippen LogP contribution in [0.2, 0.25) is 5.02 Å². The van der Waals surface area contributed by atoms with E-state index in [1.807, 2.05) is 0 Å². The summed E-state index contributed by atoms with van der Waals surface area (Å²) in [7, 11) is 0. The van der Waals surface area contributed by atoms with Crippen LogP contribution in [0.15, 0.2) is 18.2 Å². The highest BCUT2D eigenvalue weighted by molar-refractivity contribution is 6.31. The molecule has 0 aliphatic carbocycles. The molecule has 1 fully saturated rings. The van der Waals surface area contributed by atoms with Gasteiger partial charge in [0.05, 0.1) is 12.5 Å². The highest BCUT2D eigenvalue weighted by Crippen LogP contribution is 2.34. The Hall–Kier alpha value is -1.13. The van der Waals surface area contributed by atoms with Gasteiger partial charge in [0.15, 0.2) is 0 Å². The summed E-state index contributed by atoms with van der Waals surface area (Å²) < 4.78 is 18.3. The molecule has 0 bridgehead atoms. The van der Waals surface area contributed by atoms with Gasteiger partial charge in [-0.3, -0.25) is 4.79 Å². The fourth-order valence-electron chi connectivity index (χ4n) is 2.30. The molecule has 1 aliphatic rings. The Labute approximate surface area is 110 Å². The van der Waals surface area contributed by atoms with Crippen LogP contribution in [0.3, 0.4) is 0 Å². The van der Waals surface area contributed by atoms with E-state index in [1.54, 1.807) is 6.92 Å². The molecule has 0 spiro atoms. The average Bonchev–Trinajstić information content (AvgIpc) is 2.81. The van der Waals surface area contributed by atoms with Gasteiger partial charge in [-0.05, 0) is 30.7 Å². The van der Waals surface area contributed by atoms with Gasteiger partial charge in [-0.25, -0.2) is 4.39 Å². The van der Waals surface area contributed by atoms with Gasteiger partial charge >= 0.3 is 5.97 Å². The number of carbonyl (C=O) groups is 1. The van der Waals surface area contributed by atoms with Crippen LogP contribution in [0.25, 0.3) is 0 Å². The van der Waals surface area contributed by atoms with Crippen LogP contribution in [0, 0.1) is 11.7 Å². The van der Waals surface area contributed by atoms with Crippen LogP contribution < -0.4 is 5.32 Å². The Bertz CT molecular complexity index is 453.